The number of rotatable bonds is 5. The van der Waals surface area contributed by atoms with E-state index in [0.29, 0.717) is 6.54 Å². The van der Waals surface area contributed by atoms with Crippen LogP contribution in [-0.4, -0.2) is 21.1 Å². The highest BCUT2D eigenvalue weighted by Gasteiger charge is 2.16. The summed E-state index contributed by atoms with van der Waals surface area (Å²) in [6.07, 6.45) is 9.54. The van der Waals surface area contributed by atoms with Gasteiger partial charge in [0.15, 0.2) is 0 Å². The molecule has 0 aliphatic heterocycles. The van der Waals surface area contributed by atoms with Gasteiger partial charge >= 0.3 is 0 Å². The zero-order chi connectivity index (χ0) is 18.2. The third-order valence-electron chi connectivity index (χ3n) is 5.31. The molecule has 0 bridgehead atoms. The minimum absolute atomic E-state index is 0.701. The first-order valence-electron chi connectivity index (χ1n) is 9.38. The standard InChI is InChI=1S/C23H22N4/c24-10-5-11-27-15-21(17-7-2-4-9-23(17)27)19-13-25-12-18(19)20-14-26-22-8-3-1-6-16(20)22/h1-4,6-9,12-15,25-26H,5,10-11,24H2. The van der Waals surface area contributed by atoms with Gasteiger partial charge < -0.3 is 20.3 Å². The number of nitrogens with two attached hydrogens (primary N) is 1. The SMILES string of the molecule is NCCCn1cc(-c2c[nH]cc2-c2c[nH]c3ccccc23)c2ccccc21. The number of nitrogens with one attached hydrogen (secondary N) is 2. The number of aromatic nitrogens is 3. The van der Waals surface area contributed by atoms with Crippen molar-refractivity contribution >= 4 is 21.8 Å². The molecule has 0 saturated carbocycles. The summed E-state index contributed by atoms with van der Waals surface area (Å²) in [6, 6.07) is 17.0. The molecule has 3 aromatic heterocycles. The van der Waals surface area contributed by atoms with Crippen LogP contribution < -0.4 is 5.73 Å². The van der Waals surface area contributed by atoms with E-state index in [2.05, 4.69) is 87.9 Å². The summed E-state index contributed by atoms with van der Waals surface area (Å²) in [4.78, 5) is 6.72. The number of nitrogens with zero attached hydrogens (tertiary/aromatic N) is 1. The lowest BCUT2D eigenvalue weighted by molar-refractivity contribution is 0.671. The molecule has 4 nitrogen and oxygen atoms in total. The van der Waals surface area contributed by atoms with Gasteiger partial charge in [0.1, 0.15) is 0 Å². The number of benzene rings is 2. The molecular formula is C23H22N4. The highest BCUT2D eigenvalue weighted by atomic mass is 15.0. The Morgan fingerprint density at radius 3 is 2.37 bits per heavy atom. The van der Waals surface area contributed by atoms with E-state index in [1.165, 1.54) is 38.5 Å². The molecule has 4 N–H and O–H groups in total. The Kier molecular flexibility index (Phi) is 3.84. The van der Waals surface area contributed by atoms with Gasteiger partial charge in [0.2, 0.25) is 0 Å². The van der Waals surface area contributed by atoms with Crippen LogP contribution in [-0.2, 0) is 6.54 Å². The summed E-state index contributed by atoms with van der Waals surface area (Å²) in [6.45, 7) is 1.64. The van der Waals surface area contributed by atoms with Gasteiger partial charge in [-0.3, -0.25) is 0 Å². The summed E-state index contributed by atoms with van der Waals surface area (Å²) < 4.78 is 2.32. The molecule has 27 heavy (non-hydrogen) atoms. The van der Waals surface area contributed by atoms with Crippen LogP contribution in [0.4, 0.5) is 0 Å². The fraction of sp³-hybridized carbons (Fsp3) is 0.130. The molecule has 134 valence electrons. The topological polar surface area (TPSA) is 62.5 Å². The zero-order valence-electron chi connectivity index (χ0n) is 15.1. The number of aromatic amines is 2. The van der Waals surface area contributed by atoms with Crippen LogP contribution in [0.1, 0.15) is 6.42 Å². The first-order valence-corrected chi connectivity index (χ1v) is 9.38. The van der Waals surface area contributed by atoms with E-state index in [0.717, 1.165) is 18.5 Å². The fourth-order valence-corrected chi connectivity index (χ4v) is 4.01. The number of H-pyrrole nitrogens is 2. The highest BCUT2D eigenvalue weighted by molar-refractivity contribution is 6.04. The van der Waals surface area contributed by atoms with E-state index in [9.17, 15) is 0 Å². The van der Waals surface area contributed by atoms with Crippen LogP contribution in [0.2, 0.25) is 0 Å². The quantitative estimate of drug-likeness (QED) is 0.402. The molecule has 0 amide bonds. The number of para-hydroxylation sites is 2. The number of aryl methyl sites for hydroxylation is 1. The Labute approximate surface area is 157 Å². The maximum absolute atomic E-state index is 5.74. The third-order valence-corrected chi connectivity index (χ3v) is 5.31. The van der Waals surface area contributed by atoms with Crippen LogP contribution in [0, 0.1) is 0 Å². The Bertz CT molecular complexity index is 1220. The lowest BCUT2D eigenvalue weighted by atomic mass is 9.98. The molecule has 2 aromatic carbocycles. The van der Waals surface area contributed by atoms with Crippen molar-refractivity contribution in [2.24, 2.45) is 5.73 Å². The first-order chi connectivity index (χ1) is 13.4. The third kappa shape index (κ3) is 2.57. The molecule has 0 aliphatic rings. The van der Waals surface area contributed by atoms with Gasteiger partial charge in [0.25, 0.3) is 0 Å². The zero-order valence-corrected chi connectivity index (χ0v) is 15.1. The summed E-state index contributed by atoms with van der Waals surface area (Å²) in [5, 5.41) is 2.51. The Morgan fingerprint density at radius 1 is 0.778 bits per heavy atom. The molecule has 5 aromatic rings. The number of hydrogen-bond acceptors (Lipinski definition) is 1. The number of hydrogen-bond donors (Lipinski definition) is 3. The van der Waals surface area contributed by atoms with E-state index < -0.39 is 0 Å². The normalized spacial score (nSPS) is 11.6. The van der Waals surface area contributed by atoms with Gasteiger partial charge in [0, 0.05) is 75.4 Å². The van der Waals surface area contributed by atoms with Crippen LogP contribution in [0.25, 0.3) is 44.1 Å². The van der Waals surface area contributed by atoms with Crippen molar-refractivity contribution in [2.75, 3.05) is 6.54 Å². The van der Waals surface area contributed by atoms with Crippen molar-refractivity contribution in [3.8, 4) is 22.3 Å². The second-order valence-electron chi connectivity index (χ2n) is 6.93. The second-order valence-corrected chi connectivity index (χ2v) is 6.93. The monoisotopic (exact) mass is 354 g/mol. The van der Waals surface area contributed by atoms with Crippen molar-refractivity contribution in [2.45, 2.75) is 13.0 Å². The van der Waals surface area contributed by atoms with E-state index in [1.54, 1.807) is 0 Å². The first kappa shape index (κ1) is 16.0. The maximum atomic E-state index is 5.74. The predicted octanol–water partition coefficient (Wildman–Crippen LogP) is 5.13. The van der Waals surface area contributed by atoms with Gasteiger partial charge in [-0.05, 0) is 25.1 Å². The van der Waals surface area contributed by atoms with Crippen LogP contribution in [0.5, 0.6) is 0 Å². The van der Waals surface area contributed by atoms with Gasteiger partial charge in [-0.15, -0.1) is 0 Å². The largest absolute Gasteiger partial charge is 0.366 e. The van der Waals surface area contributed by atoms with E-state index in [-0.39, 0.29) is 0 Å². The van der Waals surface area contributed by atoms with Gasteiger partial charge in [-0.2, -0.15) is 0 Å². The minimum atomic E-state index is 0.701. The molecule has 0 aliphatic carbocycles. The lowest BCUT2D eigenvalue weighted by Gasteiger charge is -2.03. The molecule has 0 spiro atoms. The molecule has 5 rings (SSSR count). The van der Waals surface area contributed by atoms with Crippen LogP contribution in [0.3, 0.4) is 0 Å². The molecular weight excluding hydrogens is 332 g/mol. The molecule has 0 unspecified atom stereocenters. The molecule has 0 saturated heterocycles. The molecule has 0 atom stereocenters. The Balaban J connectivity index is 1.70. The smallest absolute Gasteiger partial charge is 0.0486 e. The fourth-order valence-electron chi connectivity index (χ4n) is 4.01. The average Bonchev–Trinajstić information content (AvgIpc) is 3.42. The molecule has 0 fully saturated rings. The molecule has 0 radical (unpaired) electrons. The number of fused-ring (bicyclic) bond motifs is 2. The molecule has 3 heterocycles. The van der Waals surface area contributed by atoms with Gasteiger partial charge in [0.05, 0.1) is 0 Å². The van der Waals surface area contributed by atoms with Gasteiger partial charge in [-0.25, -0.2) is 0 Å². The molecule has 4 heteroatoms. The summed E-state index contributed by atoms with van der Waals surface area (Å²) in [5.74, 6) is 0. The summed E-state index contributed by atoms with van der Waals surface area (Å²) >= 11 is 0. The Morgan fingerprint density at radius 2 is 1.52 bits per heavy atom. The minimum Gasteiger partial charge on any atom is -0.366 e. The summed E-state index contributed by atoms with van der Waals surface area (Å²) in [5.41, 5.74) is 13.1. The van der Waals surface area contributed by atoms with Crippen molar-refractivity contribution < 1.29 is 0 Å². The van der Waals surface area contributed by atoms with Crippen molar-refractivity contribution in [3.63, 3.8) is 0 Å². The van der Waals surface area contributed by atoms with E-state index >= 15 is 0 Å². The predicted molar refractivity (Wildman–Crippen MR) is 113 cm³/mol. The highest BCUT2D eigenvalue weighted by Crippen LogP contribution is 2.39. The van der Waals surface area contributed by atoms with Crippen LogP contribution in [0.15, 0.2) is 73.3 Å². The van der Waals surface area contributed by atoms with Crippen molar-refractivity contribution in [3.05, 3.63) is 73.3 Å². The average molecular weight is 354 g/mol. The van der Waals surface area contributed by atoms with E-state index in [1.807, 2.05) is 0 Å². The lowest BCUT2D eigenvalue weighted by Crippen LogP contribution is -2.04. The van der Waals surface area contributed by atoms with Gasteiger partial charge in [-0.1, -0.05) is 36.4 Å². The van der Waals surface area contributed by atoms with Crippen molar-refractivity contribution in [1.82, 2.24) is 14.5 Å². The Hall–Kier alpha value is -3.24. The summed E-state index contributed by atoms with van der Waals surface area (Å²) in [7, 11) is 0. The van der Waals surface area contributed by atoms with E-state index in [4.69, 9.17) is 5.73 Å². The van der Waals surface area contributed by atoms with Crippen LogP contribution >= 0.6 is 0 Å². The van der Waals surface area contributed by atoms with Crippen molar-refractivity contribution in [1.29, 1.82) is 0 Å². The second kappa shape index (κ2) is 6.49. The maximum Gasteiger partial charge on any atom is 0.0486 e.